The molecule has 1 aliphatic carbocycles. The van der Waals surface area contributed by atoms with E-state index in [4.69, 9.17) is 5.73 Å². The summed E-state index contributed by atoms with van der Waals surface area (Å²) in [6.07, 6.45) is 2.94. The Bertz CT molecular complexity index is 354. The van der Waals surface area contributed by atoms with Gasteiger partial charge in [0.05, 0.1) is 0 Å². The molecule has 0 spiro atoms. The predicted molar refractivity (Wildman–Crippen MR) is 58.3 cm³/mol. The normalized spacial score (nSPS) is 17.9. The van der Waals surface area contributed by atoms with Crippen molar-refractivity contribution in [1.29, 1.82) is 0 Å². The van der Waals surface area contributed by atoms with Crippen LogP contribution in [0.5, 0.6) is 0 Å². The molecule has 1 aliphatic rings. The van der Waals surface area contributed by atoms with E-state index in [1.54, 1.807) is 0 Å². The lowest BCUT2D eigenvalue weighted by molar-refractivity contribution is 0.497. The Morgan fingerprint density at radius 2 is 1.87 bits per heavy atom. The van der Waals surface area contributed by atoms with Crippen LogP contribution >= 0.6 is 15.9 Å². The van der Waals surface area contributed by atoms with Crippen molar-refractivity contribution in [2.75, 3.05) is 0 Å². The standard InChI is InChI=1S/C11H12BrF2N/c12-7-4-8(13)11(9(14)5-7)10(15)3-6-1-2-6/h4-6,10H,1-3,15H2. The van der Waals surface area contributed by atoms with E-state index in [2.05, 4.69) is 15.9 Å². The second kappa shape index (κ2) is 4.18. The lowest BCUT2D eigenvalue weighted by Crippen LogP contribution is -2.15. The molecule has 15 heavy (non-hydrogen) atoms. The van der Waals surface area contributed by atoms with Gasteiger partial charge < -0.3 is 5.73 Å². The molecule has 1 saturated carbocycles. The molecule has 1 unspecified atom stereocenters. The average molecular weight is 276 g/mol. The summed E-state index contributed by atoms with van der Waals surface area (Å²) in [6.45, 7) is 0. The van der Waals surface area contributed by atoms with Gasteiger partial charge in [-0.2, -0.15) is 0 Å². The molecule has 2 rings (SSSR count). The molecule has 0 radical (unpaired) electrons. The molecule has 0 amide bonds. The van der Waals surface area contributed by atoms with Gasteiger partial charge in [-0.15, -0.1) is 0 Å². The fourth-order valence-electron chi connectivity index (χ4n) is 1.74. The third-order valence-corrected chi connectivity index (χ3v) is 3.16. The van der Waals surface area contributed by atoms with Crippen molar-refractivity contribution in [2.45, 2.75) is 25.3 Å². The van der Waals surface area contributed by atoms with Crippen LogP contribution < -0.4 is 5.73 Å². The van der Waals surface area contributed by atoms with Crippen LogP contribution in [0.2, 0.25) is 0 Å². The molecule has 1 atom stereocenters. The average Bonchev–Trinajstić information content (AvgIpc) is 2.85. The van der Waals surface area contributed by atoms with E-state index in [1.165, 1.54) is 12.1 Å². The molecular formula is C11H12BrF2N. The van der Waals surface area contributed by atoms with Gasteiger partial charge in [0.2, 0.25) is 0 Å². The third-order valence-electron chi connectivity index (χ3n) is 2.70. The summed E-state index contributed by atoms with van der Waals surface area (Å²) >= 11 is 3.04. The summed E-state index contributed by atoms with van der Waals surface area (Å²) in [5, 5.41) is 0. The largest absolute Gasteiger partial charge is 0.324 e. The number of hydrogen-bond donors (Lipinski definition) is 1. The van der Waals surface area contributed by atoms with Crippen molar-refractivity contribution in [1.82, 2.24) is 0 Å². The highest BCUT2D eigenvalue weighted by Gasteiger charge is 2.27. The highest BCUT2D eigenvalue weighted by atomic mass is 79.9. The van der Waals surface area contributed by atoms with Crippen molar-refractivity contribution >= 4 is 15.9 Å². The monoisotopic (exact) mass is 275 g/mol. The van der Waals surface area contributed by atoms with E-state index >= 15 is 0 Å². The van der Waals surface area contributed by atoms with Crippen molar-refractivity contribution in [2.24, 2.45) is 11.7 Å². The van der Waals surface area contributed by atoms with Crippen molar-refractivity contribution in [3.63, 3.8) is 0 Å². The number of nitrogens with two attached hydrogens (primary N) is 1. The Balaban J connectivity index is 2.24. The molecule has 4 heteroatoms. The van der Waals surface area contributed by atoms with Crippen LogP contribution in [0, 0.1) is 17.6 Å². The molecule has 1 aromatic carbocycles. The zero-order valence-corrected chi connectivity index (χ0v) is 9.73. The fraction of sp³-hybridized carbons (Fsp3) is 0.455. The molecule has 0 aliphatic heterocycles. The van der Waals surface area contributed by atoms with E-state index in [9.17, 15) is 8.78 Å². The summed E-state index contributed by atoms with van der Waals surface area (Å²) in [5.41, 5.74) is 5.81. The third kappa shape index (κ3) is 2.55. The van der Waals surface area contributed by atoms with Gasteiger partial charge in [-0.05, 0) is 24.5 Å². The first-order valence-electron chi connectivity index (χ1n) is 4.98. The number of rotatable bonds is 3. The molecule has 82 valence electrons. The molecule has 0 heterocycles. The Kier molecular flexibility index (Phi) is 3.07. The number of halogens is 3. The topological polar surface area (TPSA) is 26.0 Å². The van der Waals surface area contributed by atoms with E-state index in [1.807, 2.05) is 0 Å². The summed E-state index contributed by atoms with van der Waals surface area (Å²) in [6, 6.07) is 1.99. The van der Waals surface area contributed by atoms with Crippen LogP contribution in [0.15, 0.2) is 16.6 Å². The minimum Gasteiger partial charge on any atom is -0.324 e. The Morgan fingerprint density at radius 1 is 1.33 bits per heavy atom. The SMILES string of the molecule is NC(CC1CC1)c1c(F)cc(Br)cc1F. The minimum atomic E-state index is -0.560. The van der Waals surface area contributed by atoms with Crippen molar-refractivity contribution in [3.8, 4) is 0 Å². The maximum absolute atomic E-state index is 13.5. The van der Waals surface area contributed by atoms with Crippen LogP contribution in [0.25, 0.3) is 0 Å². The first kappa shape index (κ1) is 11.0. The van der Waals surface area contributed by atoms with Crippen LogP contribution in [0.1, 0.15) is 30.9 Å². The van der Waals surface area contributed by atoms with Gasteiger partial charge in [0.25, 0.3) is 0 Å². The molecule has 1 aromatic rings. The van der Waals surface area contributed by atoms with Gasteiger partial charge >= 0.3 is 0 Å². The summed E-state index contributed by atoms with van der Waals surface area (Å²) in [4.78, 5) is 0. The minimum absolute atomic E-state index is 0.0186. The van der Waals surface area contributed by atoms with Crippen molar-refractivity contribution in [3.05, 3.63) is 33.8 Å². The molecule has 1 fully saturated rings. The Labute approximate surface area is 95.8 Å². The lowest BCUT2D eigenvalue weighted by Gasteiger charge is -2.13. The van der Waals surface area contributed by atoms with Gasteiger partial charge in [-0.1, -0.05) is 28.8 Å². The summed E-state index contributed by atoms with van der Waals surface area (Å²) in [7, 11) is 0. The van der Waals surface area contributed by atoms with Gasteiger partial charge in [-0.3, -0.25) is 0 Å². The maximum Gasteiger partial charge on any atom is 0.132 e. The van der Waals surface area contributed by atoms with Crippen LogP contribution in [0.4, 0.5) is 8.78 Å². The van der Waals surface area contributed by atoms with E-state index in [0.29, 0.717) is 16.8 Å². The van der Waals surface area contributed by atoms with Gasteiger partial charge in [-0.25, -0.2) is 8.78 Å². The number of hydrogen-bond acceptors (Lipinski definition) is 1. The van der Waals surface area contributed by atoms with Crippen LogP contribution in [0.3, 0.4) is 0 Å². The molecule has 2 N–H and O–H groups in total. The summed E-state index contributed by atoms with van der Waals surface area (Å²) < 4.78 is 27.4. The maximum atomic E-state index is 13.5. The van der Waals surface area contributed by atoms with Gasteiger partial charge in [0.15, 0.2) is 0 Å². The second-order valence-corrected chi connectivity index (χ2v) is 4.98. The number of benzene rings is 1. The van der Waals surface area contributed by atoms with E-state index in [0.717, 1.165) is 12.8 Å². The molecule has 0 bridgehead atoms. The first-order chi connectivity index (χ1) is 7.08. The smallest absolute Gasteiger partial charge is 0.132 e. The van der Waals surface area contributed by atoms with Crippen LogP contribution in [-0.4, -0.2) is 0 Å². The highest BCUT2D eigenvalue weighted by Crippen LogP contribution is 2.38. The van der Waals surface area contributed by atoms with E-state index < -0.39 is 17.7 Å². The first-order valence-corrected chi connectivity index (χ1v) is 5.77. The van der Waals surface area contributed by atoms with E-state index in [-0.39, 0.29) is 5.56 Å². The molecule has 1 nitrogen and oxygen atoms in total. The predicted octanol–water partition coefficient (Wildman–Crippen LogP) is 3.53. The molecular weight excluding hydrogens is 264 g/mol. The molecule has 0 saturated heterocycles. The molecule has 0 aromatic heterocycles. The quantitative estimate of drug-likeness (QED) is 0.898. The summed E-state index contributed by atoms with van der Waals surface area (Å²) in [5.74, 6) is -0.563. The second-order valence-electron chi connectivity index (χ2n) is 4.07. The Hall–Kier alpha value is -0.480. The lowest BCUT2D eigenvalue weighted by atomic mass is 10.0. The van der Waals surface area contributed by atoms with Crippen molar-refractivity contribution < 1.29 is 8.78 Å². The highest BCUT2D eigenvalue weighted by molar-refractivity contribution is 9.10. The van der Waals surface area contributed by atoms with Gasteiger partial charge in [0.1, 0.15) is 11.6 Å². The fourth-order valence-corrected chi connectivity index (χ4v) is 2.14. The Morgan fingerprint density at radius 3 is 2.33 bits per heavy atom. The zero-order valence-electron chi connectivity index (χ0n) is 8.14. The van der Waals surface area contributed by atoms with Crippen LogP contribution in [-0.2, 0) is 0 Å². The zero-order chi connectivity index (χ0) is 11.0. The van der Waals surface area contributed by atoms with Gasteiger partial charge in [0, 0.05) is 16.1 Å².